The second-order valence-electron chi connectivity index (χ2n) is 7.95. The molecule has 0 saturated heterocycles. The molecule has 5 nitrogen and oxygen atoms in total. The largest absolute Gasteiger partial charge is 0.333 e. The second-order valence-corrected chi connectivity index (χ2v) is 7.95. The monoisotopic (exact) mass is 375 g/mol. The number of carbonyl (C=O) groups excluding carboxylic acids is 1. The Labute approximate surface area is 165 Å². The molecule has 1 aromatic heterocycles. The van der Waals surface area contributed by atoms with Crippen molar-refractivity contribution in [2.24, 2.45) is 0 Å². The third-order valence-electron chi connectivity index (χ3n) is 6.17. The summed E-state index contributed by atoms with van der Waals surface area (Å²) in [6, 6.07) is 11.0. The smallest absolute Gasteiger partial charge is 0.266 e. The molecule has 1 amide bonds. The van der Waals surface area contributed by atoms with Gasteiger partial charge in [0.25, 0.3) is 5.56 Å². The predicted octanol–water partition coefficient (Wildman–Crippen LogP) is 3.47. The number of pyridine rings is 1. The molecule has 1 N–H and O–H groups in total. The van der Waals surface area contributed by atoms with E-state index in [1.807, 2.05) is 13.0 Å². The van der Waals surface area contributed by atoms with Crippen LogP contribution in [0, 0.1) is 25.2 Å². The highest BCUT2D eigenvalue weighted by molar-refractivity contribution is 5.78. The van der Waals surface area contributed by atoms with Gasteiger partial charge in [-0.25, -0.2) is 0 Å². The number of aromatic amines is 1. The average Bonchev–Trinajstić information content (AvgIpc) is 3.41. The third-order valence-corrected chi connectivity index (χ3v) is 6.17. The quantitative estimate of drug-likeness (QED) is 0.869. The van der Waals surface area contributed by atoms with E-state index >= 15 is 0 Å². The summed E-state index contributed by atoms with van der Waals surface area (Å²) in [5, 5.41) is 9.25. The summed E-state index contributed by atoms with van der Waals surface area (Å²) in [5.74, 6) is 0.174. The minimum Gasteiger partial charge on any atom is -0.333 e. The number of rotatable bonds is 5. The molecule has 2 aromatic rings. The minimum absolute atomic E-state index is 0.150. The van der Waals surface area contributed by atoms with Crippen LogP contribution in [0.3, 0.4) is 0 Å². The zero-order valence-electron chi connectivity index (χ0n) is 16.4. The number of H-pyrrole nitrogens is 1. The van der Waals surface area contributed by atoms with Gasteiger partial charge in [-0.05, 0) is 68.2 Å². The van der Waals surface area contributed by atoms with Crippen LogP contribution in [0.5, 0.6) is 0 Å². The van der Waals surface area contributed by atoms with E-state index in [4.69, 9.17) is 0 Å². The topological polar surface area (TPSA) is 77.0 Å². The van der Waals surface area contributed by atoms with Crippen LogP contribution < -0.4 is 5.56 Å². The van der Waals surface area contributed by atoms with Gasteiger partial charge >= 0.3 is 0 Å². The zero-order valence-corrected chi connectivity index (χ0v) is 16.4. The fourth-order valence-corrected chi connectivity index (χ4v) is 4.59. The maximum absolute atomic E-state index is 13.2. The van der Waals surface area contributed by atoms with Gasteiger partial charge in [-0.3, -0.25) is 9.59 Å². The van der Waals surface area contributed by atoms with Crippen LogP contribution in [0.2, 0.25) is 0 Å². The SMILES string of the molecule is Cc1[nH]c(=O)c(C#N)c(C)c1CCC(=O)N(C1CC1)C1CCc2ccccc21. The molecule has 0 spiro atoms. The Morgan fingerprint density at radius 1 is 1.25 bits per heavy atom. The van der Waals surface area contributed by atoms with Crippen LogP contribution in [-0.2, 0) is 17.6 Å². The fourth-order valence-electron chi connectivity index (χ4n) is 4.59. The molecule has 5 heteroatoms. The molecule has 1 heterocycles. The number of nitriles is 1. The Morgan fingerprint density at radius 2 is 2.00 bits per heavy atom. The molecule has 1 aromatic carbocycles. The Balaban J connectivity index is 1.55. The van der Waals surface area contributed by atoms with Gasteiger partial charge in [0.2, 0.25) is 5.91 Å². The van der Waals surface area contributed by atoms with E-state index in [2.05, 4.69) is 34.1 Å². The van der Waals surface area contributed by atoms with Gasteiger partial charge in [-0.2, -0.15) is 5.26 Å². The number of carbonyl (C=O) groups is 1. The number of benzene rings is 1. The number of hydrogen-bond donors (Lipinski definition) is 1. The van der Waals surface area contributed by atoms with Crippen LogP contribution in [0.1, 0.15) is 65.2 Å². The predicted molar refractivity (Wildman–Crippen MR) is 107 cm³/mol. The van der Waals surface area contributed by atoms with E-state index in [1.54, 1.807) is 6.92 Å². The summed E-state index contributed by atoms with van der Waals surface area (Å²) in [6.45, 7) is 3.63. The Hall–Kier alpha value is -2.87. The maximum atomic E-state index is 13.2. The first-order valence-electron chi connectivity index (χ1n) is 10.0. The number of hydrogen-bond acceptors (Lipinski definition) is 3. The van der Waals surface area contributed by atoms with Crippen molar-refractivity contribution in [2.75, 3.05) is 0 Å². The van der Waals surface area contributed by atoms with Gasteiger partial charge in [0, 0.05) is 18.2 Å². The van der Waals surface area contributed by atoms with Gasteiger partial charge < -0.3 is 9.88 Å². The van der Waals surface area contributed by atoms with E-state index in [0.717, 1.165) is 36.9 Å². The fraction of sp³-hybridized carbons (Fsp3) is 0.435. The summed E-state index contributed by atoms with van der Waals surface area (Å²) < 4.78 is 0. The first kappa shape index (κ1) is 18.5. The summed E-state index contributed by atoms with van der Waals surface area (Å²) in [4.78, 5) is 30.0. The van der Waals surface area contributed by atoms with Crippen molar-refractivity contribution >= 4 is 5.91 Å². The standard InChI is InChI=1S/C23H25N3O2/c1-14-18(15(2)25-23(28)20(14)13-24)10-12-22(27)26(17-8-9-17)21-11-7-16-5-3-4-6-19(16)21/h3-6,17,21H,7-12H2,1-2H3,(H,25,28). The van der Waals surface area contributed by atoms with Crippen molar-refractivity contribution < 1.29 is 4.79 Å². The number of nitrogens with zero attached hydrogens (tertiary/aromatic N) is 2. The molecule has 1 atom stereocenters. The van der Waals surface area contributed by atoms with E-state index in [1.165, 1.54) is 11.1 Å². The lowest BCUT2D eigenvalue weighted by Crippen LogP contribution is -2.36. The van der Waals surface area contributed by atoms with Gasteiger partial charge in [-0.15, -0.1) is 0 Å². The number of fused-ring (bicyclic) bond motifs is 1. The van der Waals surface area contributed by atoms with Gasteiger partial charge in [0.05, 0.1) is 6.04 Å². The molecule has 4 rings (SSSR count). The molecule has 1 unspecified atom stereocenters. The van der Waals surface area contributed by atoms with Crippen LogP contribution >= 0.6 is 0 Å². The number of aromatic nitrogens is 1. The Bertz CT molecular complexity index is 1030. The van der Waals surface area contributed by atoms with Crippen LogP contribution in [-0.4, -0.2) is 21.8 Å². The van der Waals surface area contributed by atoms with Gasteiger partial charge in [-0.1, -0.05) is 24.3 Å². The third kappa shape index (κ3) is 3.24. The van der Waals surface area contributed by atoms with Crippen LogP contribution in [0.15, 0.2) is 29.1 Å². The highest BCUT2D eigenvalue weighted by Gasteiger charge is 2.40. The van der Waals surface area contributed by atoms with Crippen molar-refractivity contribution in [1.29, 1.82) is 5.26 Å². The van der Waals surface area contributed by atoms with Crippen molar-refractivity contribution in [1.82, 2.24) is 9.88 Å². The Morgan fingerprint density at radius 3 is 2.71 bits per heavy atom. The molecule has 1 saturated carbocycles. The van der Waals surface area contributed by atoms with Crippen LogP contribution in [0.25, 0.3) is 0 Å². The van der Waals surface area contributed by atoms with E-state index < -0.39 is 0 Å². The first-order valence-corrected chi connectivity index (χ1v) is 10.0. The molecule has 0 aliphatic heterocycles. The number of aryl methyl sites for hydroxylation is 2. The lowest BCUT2D eigenvalue weighted by molar-refractivity contribution is -0.134. The number of nitrogens with one attached hydrogen (secondary N) is 1. The van der Waals surface area contributed by atoms with Crippen molar-refractivity contribution in [3.63, 3.8) is 0 Å². The molecular weight excluding hydrogens is 350 g/mol. The number of amides is 1. The molecule has 0 bridgehead atoms. The summed E-state index contributed by atoms with van der Waals surface area (Å²) in [6.07, 6.45) is 5.13. The molecule has 1 fully saturated rings. The van der Waals surface area contributed by atoms with Crippen molar-refractivity contribution in [3.05, 3.63) is 68.1 Å². The van der Waals surface area contributed by atoms with Crippen LogP contribution in [0.4, 0.5) is 0 Å². The van der Waals surface area contributed by atoms with E-state index in [-0.39, 0.29) is 23.1 Å². The van der Waals surface area contributed by atoms with E-state index in [9.17, 15) is 14.9 Å². The molecule has 2 aliphatic carbocycles. The normalized spacial score (nSPS) is 17.8. The first-order chi connectivity index (χ1) is 13.5. The summed E-state index contributed by atoms with van der Waals surface area (Å²) in [7, 11) is 0. The highest BCUT2D eigenvalue weighted by atomic mass is 16.2. The Kier molecular flexibility index (Phi) is 4.80. The van der Waals surface area contributed by atoms with Crippen molar-refractivity contribution in [2.45, 2.75) is 64.5 Å². The summed E-state index contributed by atoms with van der Waals surface area (Å²) >= 11 is 0. The molecule has 2 aliphatic rings. The highest BCUT2D eigenvalue weighted by Crippen LogP contribution is 2.42. The average molecular weight is 375 g/mol. The molecular formula is C23H25N3O2. The maximum Gasteiger partial charge on any atom is 0.266 e. The zero-order chi connectivity index (χ0) is 19.8. The molecule has 144 valence electrons. The van der Waals surface area contributed by atoms with E-state index in [0.29, 0.717) is 24.4 Å². The second kappa shape index (κ2) is 7.27. The lowest BCUT2D eigenvalue weighted by Gasteiger charge is -2.30. The lowest BCUT2D eigenvalue weighted by atomic mass is 9.98. The summed E-state index contributed by atoms with van der Waals surface area (Å²) in [5.41, 5.74) is 4.81. The minimum atomic E-state index is -0.352. The van der Waals surface area contributed by atoms with Gasteiger partial charge in [0.15, 0.2) is 0 Å². The molecule has 0 radical (unpaired) electrons. The van der Waals surface area contributed by atoms with Gasteiger partial charge in [0.1, 0.15) is 11.6 Å². The molecule has 28 heavy (non-hydrogen) atoms. The van der Waals surface area contributed by atoms with Crippen molar-refractivity contribution in [3.8, 4) is 6.07 Å².